The van der Waals surface area contributed by atoms with Crippen molar-refractivity contribution < 1.29 is 9.53 Å². The number of likely N-dealkylation sites (tertiary alicyclic amines) is 1. The number of methoxy groups -OCH3 is 1. The molecule has 3 rings (SSSR count). The average molecular weight is 345 g/mol. The molecule has 1 aliphatic heterocycles. The maximum Gasteiger partial charge on any atom is 0.321 e. The SMILES string of the molecule is COCCc1ccccc1NC(=O)N1CCC(c2nccs2)CC1. The van der Waals surface area contributed by atoms with Gasteiger partial charge in [-0.2, -0.15) is 0 Å². The van der Waals surface area contributed by atoms with Gasteiger partial charge in [0.25, 0.3) is 0 Å². The van der Waals surface area contributed by atoms with Gasteiger partial charge < -0.3 is 15.0 Å². The van der Waals surface area contributed by atoms with Crippen molar-refractivity contribution in [2.24, 2.45) is 0 Å². The Hall–Kier alpha value is -1.92. The van der Waals surface area contributed by atoms with Gasteiger partial charge in [0, 0.05) is 43.4 Å². The Kier molecular flexibility index (Phi) is 5.82. The van der Waals surface area contributed by atoms with Crippen LogP contribution in [0, 0.1) is 0 Å². The number of carbonyl (C=O) groups excluding carboxylic acids is 1. The largest absolute Gasteiger partial charge is 0.384 e. The van der Waals surface area contributed by atoms with Crippen molar-refractivity contribution in [3.05, 3.63) is 46.4 Å². The molecular weight excluding hydrogens is 322 g/mol. The number of anilines is 1. The fraction of sp³-hybridized carbons (Fsp3) is 0.444. The van der Waals surface area contributed by atoms with Crippen LogP contribution in [0.5, 0.6) is 0 Å². The fourth-order valence-corrected chi connectivity index (χ4v) is 3.84. The third-order valence-corrected chi connectivity index (χ3v) is 5.36. The lowest BCUT2D eigenvalue weighted by Gasteiger charge is -2.31. The van der Waals surface area contributed by atoms with Gasteiger partial charge in [-0.15, -0.1) is 11.3 Å². The highest BCUT2D eigenvalue weighted by molar-refractivity contribution is 7.09. The minimum absolute atomic E-state index is 0.0162. The second-order valence-electron chi connectivity index (χ2n) is 5.96. The summed E-state index contributed by atoms with van der Waals surface area (Å²) in [7, 11) is 1.69. The molecule has 0 atom stereocenters. The normalized spacial score (nSPS) is 15.5. The summed E-state index contributed by atoms with van der Waals surface area (Å²) in [4.78, 5) is 18.9. The van der Waals surface area contributed by atoms with Gasteiger partial charge in [-0.05, 0) is 30.9 Å². The number of carbonyl (C=O) groups is 1. The van der Waals surface area contributed by atoms with Crippen molar-refractivity contribution in [2.75, 3.05) is 32.1 Å². The topological polar surface area (TPSA) is 54.5 Å². The number of para-hydroxylation sites is 1. The molecular formula is C18H23N3O2S. The van der Waals surface area contributed by atoms with Gasteiger partial charge in [-0.1, -0.05) is 18.2 Å². The van der Waals surface area contributed by atoms with Crippen molar-refractivity contribution in [1.29, 1.82) is 0 Å². The molecule has 2 heterocycles. The molecule has 128 valence electrons. The van der Waals surface area contributed by atoms with Gasteiger partial charge in [0.05, 0.1) is 11.6 Å². The van der Waals surface area contributed by atoms with Gasteiger partial charge in [0.15, 0.2) is 0 Å². The zero-order valence-corrected chi connectivity index (χ0v) is 14.7. The number of benzene rings is 1. The van der Waals surface area contributed by atoms with Crippen molar-refractivity contribution in [3.63, 3.8) is 0 Å². The van der Waals surface area contributed by atoms with Crippen LogP contribution < -0.4 is 5.32 Å². The van der Waals surface area contributed by atoms with Crippen LogP contribution in [-0.4, -0.2) is 42.7 Å². The van der Waals surface area contributed by atoms with Crippen molar-refractivity contribution >= 4 is 23.1 Å². The minimum Gasteiger partial charge on any atom is -0.384 e. The van der Waals surface area contributed by atoms with E-state index < -0.39 is 0 Å². The molecule has 1 N–H and O–H groups in total. The van der Waals surface area contributed by atoms with Gasteiger partial charge in [0.1, 0.15) is 0 Å². The monoisotopic (exact) mass is 345 g/mol. The van der Waals surface area contributed by atoms with Gasteiger partial charge >= 0.3 is 6.03 Å². The minimum atomic E-state index is -0.0162. The Labute approximate surface area is 146 Å². The molecule has 0 spiro atoms. The predicted octanol–water partition coefficient (Wildman–Crippen LogP) is 3.74. The summed E-state index contributed by atoms with van der Waals surface area (Å²) in [5, 5.41) is 6.27. The summed E-state index contributed by atoms with van der Waals surface area (Å²) < 4.78 is 5.14. The second-order valence-corrected chi connectivity index (χ2v) is 6.89. The van der Waals surface area contributed by atoms with Crippen LogP contribution in [-0.2, 0) is 11.2 Å². The Bertz CT molecular complexity index is 652. The average Bonchev–Trinajstić information content (AvgIpc) is 3.16. The number of urea groups is 1. The van der Waals surface area contributed by atoms with Crippen LogP contribution in [0.1, 0.15) is 29.3 Å². The number of amides is 2. The molecule has 1 saturated heterocycles. The highest BCUT2D eigenvalue weighted by atomic mass is 32.1. The highest BCUT2D eigenvalue weighted by Crippen LogP contribution is 2.29. The number of rotatable bonds is 5. The van der Waals surface area contributed by atoms with Crippen LogP contribution in [0.15, 0.2) is 35.8 Å². The van der Waals surface area contributed by atoms with E-state index in [1.54, 1.807) is 18.4 Å². The summed E-state index contributed by atoms with van der Waals surface area (Å²) in [5.74, 6) is 0.489. The van der Waals surface area contributed by atoms with Gasteiger partial charge in [0.2, 0.25) is 0 Å². The first-order chi connectivity index (χ1) is 11.8. The first-order valence-corrected chi connectivity index (χ1v) is 9.18. The molecule has 1 fully saturated rings. The molecule has 0 bridgehead atoms. The van der Waals surface area contributed by atoms with Gasteiger partial charge in [-0.3, -0.25) is 0 Å². The molecule has 0 radical (unpaired) electrons. The first-order valence-electron chi connectivity index (χ1n) is 8.30. The van der Waals surface area contributed by atoms with E-state index in [0.29, 0.717) is 12.5 Å². The van der Waals surface area contributed by atoms with E-state index in [1.807, 2.05) is 40.7 Å². The Morgan fingerprint density at radius 1 is 1.38 bits per heavy atom. The number of thiazole rings is 1. The van der Waals surface area contributed by atoms with Crippen LogP contribution >= 0.6 is 11.3 Å². The van der Waals surface area contributed by atoms with E-state index in [2.05, 4.69) is 10.3 Å². The lowest BCUT2D eigenvalue weighted by molar-refractivity contribution is 0.194. The van der Waals surface area contributed by atoms with E-state index in [1.165, 1.54) is 5.01 Å². The number of nitrogens with one attached hydrogen (secondary N) is 1. The van der Waals surface area contributed by atoms with E-state index in [9.17, 15) is 4.79 Å². The summed E-state index contributed by atoms with van der Waals surface area (Å²) in [6.45, 7) is 2.19. The van der Waals surface area contributed by atoms with Crippen LogP contribution in [0.3, 0.4) is 0 Å². The number of ether oxygens (including phenoxy) is 1. The Morgan fingerprint density at radius 2 is 2.17 bits per heavy atom. The zero-order chi connectivity index (χ0) is 16.8. The maximum absolute atomic E-state index is 12.6. The maximum atomic E-state index is 12.6. The van der Waals surface area contributed by atoms with E-state index >= 15 is 0 Å². The third kappa shape index (κ3) is 4.13. The highest BCUT2D eigenvalue weighted by Gasteiger charge is 2.25. The predicted molar refractivity (Wildman–Crippen MR) is 96.7 cm³/mol. The van der Waals surface area contributed by atoms with Crippen molar-refractivity contribution in [2.45, 2.75) is 25.2 Å². The molecule has 2 aromatic rings. The van der Waals surface area contributed by atoms with E-state index in [4.69, 9.17) is 4.74 Å². The molecule has 0 unspecified atom stereocenters. The van der Waals surface area contributed by atoms with E-state index in [-0.39, 0.29) is 6.03 Å². The van der Waals surface area contributed by atoms with Gasteiger partial charge in [-0.25, -0.2) is 9.78 Å². The summed E-state index contributed by atoms with van der Waals surface area (Å²) in [5.41, 5.74) is 1.98. The third-order valence-electron chi connectivity index (χ3n) is 4.42. The fourth-order valence-electron chi connectivity index (χ4n) is 3.03. The summed E-state index contributed by atoms with van der Waals surface area (Å²) >= 11 is 1.71. The summed E-state index contributed by atoms with van der Waals surface area (Å²) in [6, 6.07) is 7.90. The zero-order valence-electron chi connectivity index (χ0n) is 13.9. The molecule has 1 aromatic heterocycles. The molecule has 1 aromatic carbocycles. The molecule has 0 saturated carbocycles. The smallest absolute Gasteiger partial charge is 0.321 e. The molecule has 0 aliphatic carbocycles. The second kappa shape index (κ2) is 8.26. The number of piperidine rings is 1. The Morgan fingerprint density at radius 3 is 2.88 bits per heavy atom. The number of nitrogens with zero attached hydrogens (tertiary/aromatic N) is 2. The van der Waals surface area contributed by atoms with Crippen LogP contribution in [0.4, 0.5) is 10.5 Å². The lowest BCUT2D eigenvalue weighted by atomic mass is 9.98. The number of hydrogen-bond acceptors (Lipinski definition) is 4. The van der Waals surface area contributed by atoms with Crippen molar-refractivity contribution in [1.82, 2.24) is 9.88 Å². The molecule has 2 amide bonds. The van der Waals surface area contributed by atoms with Crippen molar-refractivity contribution in [3.8, 4) is 0 Å². The first kappa shape index (κ1) is 16.9. The number of hydrogen-bond donors (Lipinski definition) is 1. The van der Waals surface area contributed by atoms with Crippen LogP contribution in [0.25, 0.3) is 0 Å². The standard InChI is InChI=1S/C18H23N3O2S/c1-23-12-8-14-4-2-3-5-16(14)20-18(22)21-10-6-15(7-11-21)17-19-9-13-24-17/h2-5,9,13,15H,6-8,10-12H2,1H3,(H,20,22). The Balaban J connectivity index is 1.56. The van der Waals surface area contributed by atoms with E-state index in [0.717, 1.165) is 43.6 Å². The lowest BCUT2D eigenvalue weighted by Crippen LogP contribution is -2.40. The molecule has 5 nitrogen and oxygen atoms in total. The molecule has 1 aliphatic rings. The molecule has 6 heteroatoms. The number of aromatic nitrogens is 1. The quantitative estimate of drug-likeness (QED) is 0.898. The summed E-state index contributed by atoms with van der Waals surface area (Å²) in [6.07, 6.45) is 4.60. The van der Waals surface area contributed by atoms with Crippen LogP contribution in [0.2, 0.25) is 0 Å². The molecule has 24 heavy (non-hydrogen) atoms.